The molecule has 104 valence electrons. The van der Waals surface area contributed by atoms with Gasteiger partial charge in [-0.25, -0.2) is 4.79 Å². The number of hydrogen-bond donors (Lipinski definition) is 0. The van der Waals surface area contributed by atoms with Crippen LogP contribution in [-0.4, -0.2) is 20.2 Å². The van der Waals surface area contributed by atoms with Gasteiger partial charge in [0.1, 0.15) is 5.75 Å². The second-order valence-electron chi connectivity index (χ2n) is 4.28. The maximum Gasteiger partial charge on any atom is 0.343 e. The van der Waals surface area contributed by atoms with E-state index in [0.717, 1.165) is 5.56 Å². The van der Waals surface area contributed by atoms with Crippen molar-refractivity contribution >= 4 is 5.97 Å². The zero-order valence-electron chi connectivity index (χ0n) is 11.7. The first-order valence-corrected chi connectivity index (χ1v) is 6.15. The van der Waals surface area contributed by atoms with E-state index >= 15 is 0 Å². The number of carbonyl (C=O) groups excluding carboxylic acids is 1. The van der Waals surface area contributed by atoms with Crippen molar-refractivity contribution in [3.63, 3.8) is 0 Å². The largest absolute Gasteiger partial charge is 0.493 e. The molecule has 0 atom stereocenters. The number of rotatable bonds is 4. The smallest absolute Gasteiger partial charge is 0.343 e. The number of hydrogen-bond acceptors (Lipinski definition) is 4. The molecule has 4 nitrogen and oxygen atoms in total. The van der Waals surface area contributed by atoms with Gasteiger partial charge in [-0.2, -0.15) is 0 Å². The third-order valence-corrected chi connectivity index (χ3v) is 2.82. The van der Waals surface area contributed by atoms with E-state index in [4.69, 9.17) is 14.2 Å². The van der Waals surface area contributed by atoms with Crippen LogP contribution in [0.5, 0.6) is 17.2 Å². The first-order valence-electron chi connectivity index (χ1n) is 6.15. The Hall–Kier alpha value is -2.49. The molecule has 0 aliphatic carbocycles. The molecule has 0 fully saturated rings. The number of ether oxygens (including phenoxy) is 3. The predicted molar refractivity (Wildman–Crippen MR) is 75.7 cm³/mol. The summed E-state index contributed by atoms with van der Waals surface area (Å²) in [4.78, 5) is 12.1. The van der Waals surface area contributed by atoms with Crippen LogP contribution in [0.2, 0.25) is 0 Å². The van der Waals surface area contributed by atoms with Gasteiger partial charge in [0.15, 0.2) is 11.5 Å². The van der Waals surface area contributed by atoms with Crippen molar-refractivity contribution < 1.29 is 19.0 Å². The molecule has 0 saturated heterocycles. The molecule has 0 radical (unpaired) electrons. The lowest BCUT2D eigenvalue weighted by atomic mass is 10.2. The fraction of sp³-hybridized carbons (Fsp3) is 0.188. The summed E-state index contributed by atoms with van der Waals surface area (Å²) >= 11 is 0. The molecular weight excluding hydrogens is 256 g/mol. The molecule has 0 heterocycles. The van der Waals surface area contributed by atoms with Gasteiger partial charge in [-0.05, 0) is 42.8 Å². The minimum atomic E-state index is -0.434. The Morgan fingerprint density at radius 3 is 2.35 bits per heavy atom. The van der Waals surface area contributed by atoms with Crippen LogP contribution in [0.15, 0.2) is 42.5 Å². The molecule has 2 rings (SSSR count). The van der Waals surface area contributed by atoms with Gasteiger partial charge in [-0.3, -0.25) is 0 Å². The number of benzene rings is 2. The van der Waals surface area contributed by atoms with Gasteiger partial charge in [0.2, 0.25) is 0 Å². The maximum atomic E-state index is 12.1. The van der Waals surface area contributed by atoms with Crippen molar-refractivity contribution in [2.24, 2.45) is 0 Å². The van der Waals surface area contributed by atoms with Crippen LogP contribution in [0.1, 0.15) is 15.9 Å². The average molecular weight is 272 g/mol. The van der Waals surface area contributed by atoms with E-state index < -0.39 is 5.97 Å². The number of aryl methyl sites for hydroxylation is 1. The molecule has 0 spiro atoms. The third-order valence-electron chi connectivity index (χ3n) is 2.82. The summed E-state index contributed by atoms with van der Waals surface area (Å²) < 4.78 is 15.6. The Balaban J connectivity index is 2.21. The quantitative estimate of drug-likeness (QED) is 0.633. The van der Waals surface area contributed by atoms with Gasteiger partial charge in [-0.1, -0.05) is 12.1 Å². The molecule has 0 amide bonds. The molecule has 0 bridgehead atoms. The fourth-order valence-electron chi connectivity index (χ4n) is 1.81. The summed E-state index contributed by atoms with van der Waals surface area (Å²) in [6, 6.07) is 12.2. The van der Waals surface area contributed by atoms with Gasteiger partial charge in [-0.15, -0.1) is 0 Å². The highest BCUT2D eigenvalue weighted by Gasteiger charge is 2.12. The molecule has 4 heteroatoms. The van der Waals surface area contributed by atoms with Crippen LogP contribution in [0.4, 0.5) is 0 Å². The standard InChI is InChI=1S/C16H16O4/c1-11-5-4-6-13(9-11)20-16(17)12-7-8-14(18-2)15(10-12)19-3/h4-10H,1-3H3. The summed E-state index contributed by atoms with van der Waals surface area (Å²) in [7, 11) is 3.07. The van der Waals surface area contributed by atoms with Crippen LogP contribution in [0, 0.1) is 6.92 Å². The van der Waals surface area contributed by atoms with E-state index in [1.54, 1.807) is 37.4 Å². The zero-order chi connectivity index (χ0) is 14.5. The Bertz CT molecular complexity index is 620. The Morgan fingerprint density at radius 1 is 0.950 bits per heavy atom. The first-order chi connectivity index (χ1) is 9.63. The van der Waals surface area contributed by atoms with E-state index in [0.29, 0.717) is 22.8 Å². The monoisotopic (exact) mass is 272 g/mol. The van der Waals surface area contributed by atoms with Crippen molar-refractivity contribution in [2.75, 3.05) is 14.2 Å². The van der Waals surface area contributed by atoms with E-state index in [9.17, 15) is 4.79 Å². The highest BCUT2D eigenvalue weighted by Crippen LogP contribution is 2.28. The highest BCUT2D eigenvalue weighted by molar-refractivity contribution is 5.91. The van der Waals surface area contributed by atoms with Crippen molar-refractivity contribution in [2.45, 2.75) is 6.92 Å². The summed E-state index contributed by atoms with van der Waals surface area (Å²) in [5.41, 5.74) is 1.44. The molecule has 0 aromatic heterocycles. The number of esters is 1. The van der Waals surface area contributed by atoms with Gasteiger partial charge < -0.3 is 14.2 Å². The summed E-state index contributed by atoms with van der Waals surface area (Å²) in [5, 5.41) is 0. The Labute approximate surface area is 117 Å². The minimum Gasteiger partial charge on any atom is -0.493 e. The predicted octanol–water partition coefficient (Wildman–Crippen LogP) is 3.23. The van der Waals surface area contributed by atoms with Crippen LogP contribution in [0.25, 0.3) is 0 Å². The fourth-order valence-corrected chi connectivity index (χ4v) is 1.81. The third kappa shape index (κ3) is 3.09. The van der Waals surface area contributed by atoms with E-state index in [1.165, 1.54) is 7.11 Å². The molecule has 0 N–H and O–H groups in total. The van der Waals surface area contributed by atoms with Crippen molar-refractivity contribution in [1.82, 2.24) is 0 Å². The van der Waals surface area contributed by atoms with E-state index in [1.807, 2.05) is 19.1 Å². The Kier molecular flexibility index (Phi) is 4.25. The molecule has 0 unspecified atom stereocenters. The average Bonchev–Trinajstić information content (AvgIpc) is 2.46. The maximum absolute atomic E-state index is 12.1. The molecule has 0 saturated carbocycles. The lowest BCUT2D eigenvalue weighted by Crippen LogP contribution is -2.09. The molecule has 0 aliphatic heterocycles. The van der Waals surface area contributed by atoms with E-state index in [-0.39, 0.29) is 0 Å². The first kappa shape index (κ1) is 13.9. The zero-order valence-corrected chi connectivity index (χ0v) is 11.7. The van der Waals surface area contributed by atoms with Crippen molar-refractivity contribution in [3.05, 3.63) is 53.6 Å². The lowest BCUT2D eigenvalue weighted by molar-refractivity contribution is 0.0734. The van der Waals surface area contributed by atoms with Gasteiger partial charge in [0.05, 0.1) is 19.8 Å². The summed E-state index contributed by atoms with van der Waals surface area (Å²) in [6.07, 6.45) is 0. The summed E-state index contributed by atoms with van der Waals surface area (Å²) in [6.45, 7) is 1.94. The van der Waals surface area contributed by atoms with E-state index in [2.05, 4.69) is 0 Å². The normalized spacial score (nSPS) is 9.95. The second-order valence-corrected chi connectivity index (χ2v) is 4.28. The second kappa shape index (κ2) is 6.10. The van der Waals surface area contributed by atoms with Crippen LogP contribution in [0.3, 0.4) is 0 Å². The van der Waals surface area contributed by atoms with Crippen LogP contribution in [-0.2, 0) is 0 Å². The van der Waals surface area contributed by atoms with Gasteiger partial charge in [0, 0.05) is 0 Å². The molecule has 0 aliphatic rings. The topological polar surface area (TPSA) is 44.8 Å². The SMILES string of the molecule is COc1ccc(C(=O)Oc2cccc(C)c2)cc1OC. The van der Waals surface area contributed by atoms with Crippen molar-refractivity contribution in [3.8, 4) is 17.2 Å². The van der Waals surface area contributed by atoms with Gasteiger partial charge >= 0.3 is 5.97 Å². The molecule has 2 aromatic carbocycles. The molecule has 20 heavy (non-hydrogen) atoms. The lowest BCUT2D eigenvalue weighted by Gasteiger charge is -2.09. The van der Waals surface area contributed by atoms with Crippen LogP contribution >= 0.6 is 0 Å². The minimum absolute atomic E-state index is 0.407. The van der Waals surface area contributed by atoms with Gasteiger partial charge in [0.25, 0.3) is 0 Å². The number of carbonyl (C=O) groups is 1. The highest BCUT2D eigenvalue weighted by atomic mass is 16.5. The summed E-state index contributed by atoms with van der Waals surface area (Å²) in [5.74, 6) is 1.15. The van der Waals surface area contributed by atoms with Crippen LogP contribution < -0.4 is 14.2 Å². The Morgan fingerprint density at radius 2 is 1.70 bits per heavy atom. The van der Waals surface area contributed by atoms with Crippen molar-refractivity contribution in [1.29, 1.82) is 0 Å². The number of methoxy groups -OCH3 is 2. The molecular formula is C16H16O4. The molecule has 2 aromatic rings.